The molecule has 0 amide bonds. The fraction of sp³-hybridized carbons (Fsp3) is 1.00. The third-order valence-corrected chi connectivity index (χ3v) is 2.09. The molecule has 64 valence electrons. The largest absolute Gasteiger partial charge is 0.0902 e. The van der Waals surface area contributed by atoms with Gasteiger partial charge >= 0.3 is 0 Å². The lowest BCUT2D eigenvalue weighted by Crippen LogP contribution is -2.25. The standard InChI is InChI=1S/C6H10N6/c7-11-9-5-3-1-2-4-6(5)10-12-8/h5-6H,1-4H2/t5-,6+. The minimum Gasteiger partial charge on any atom is -0.0902 e. The molecular weight excluding hydrogens is 156 g/mol. The van der Waals surface area contributed by atoms with Crippen LogP contribution in [0.5, 0.6) is 0 Å². The Morgan fingerprint density at radius 1 is 0.917 bits per heavy atom. The van der Waals surface area contributed by atoms with Crippen molar-refractivity contribution in [2.75, 3.05) is 0 Å². The van der Waals surface area contributed by atoms with Crippen LogP contribution in [-0.2, 0) is 0 Å². The average molecular weight is 166 g/mol. The normalized spacial score (nSPS) is 28.3. The van der Waals surface area contributed by atoms with E-state index in [9.17, 15) is 0 Å². The van der Waals surface area contributed by atoms with Gasteiger partial charge in [-0.2, -0.15) is 0 Å². The maximum Gasteiger partial charge on any atom is 0.0458 e. The van der Waals surface area contributed by atoms with E-state index in [4.69, 9.17) is 11.1 Å². The summed E-state index contributed by atoms with van der Waals surface area (Å²) in [5, 5.41) is 7.20. The zero-order valence-electron chi connectivity index (χ0n) is 6.67. The van der Waals surface area contributed by atoms with Gasteiger partial charge in [0.25, 0.3) is 0 Å². The molecule has 0 aromatic carbocycles. The molecule has 0 aromatic heterocycles. The molecule has 6 heteroatoms. The number of nitrogens with zero attached hydrogens (tertiary/aromatic N) is 6. The van der Waals surface area contributed by atoms with Gasteiger partial charge in [-0.25, -0.2) is 0 Å². The van der Waals surface area contributed by atoms with Crippen LogP contribution in [-0.4, -0.2) is 12.1 Å². The van der Waals surface area contributed by atoms with Gasteiger partial charge in [-0.3, -0.25) is 0 Å². The fourth-order valence-electron chi connectivity index (χ4n) is 1.49. The van der Waals surface area contributed by atoms with Crippen molar-refractivity contribution in [3.05, 3.63) is 20.9 Å². The van der Waals surface area contributed by atoms with Crippen molar-refractivity contribution in [1.29, 1.82) is 0 Å². The highest BCUT2D eigenvalue weighted by Gasteiger charge is 2.22. The van der Waals surface area contributed by atoms with Crippen LogP contribution in [0.4, 0.5) is 0 Å². The first-order valence-electron chi connectivity index (χ1n) is 3.97. The average Bonchev–Trinajstić information content (AvgIpc) is 2.09. The van der Waals surface area contributed by atoms with Crippen molar-refractivity contribution < 1.29 is 0 Å². The van der Waals surface area contributed by atoms with E-state index in [1.54, 1.807) is 0 Å². The molecule has 6 nitrogen and oxygen atoms in total. The monoisotopic (exact) mass is 166 g/mol. The molecule has 0 bridgehead atoms. The molecule has 12 heavy (non-hydrogen) atoms. The molecule has 0 aromatic rings. The molecule has 0 unspecified atom stereocenters. The first-order valence-corrected chi connectivity index (χ1v) is 3.97. The molecule has 2 atom stereocenters. The fourth-order valence-corrected chi connectivity index (χ4v) is 1.49. The summed E-state index contributed by atoms with van der Waals surface area (Å²) >= 11 is 0. The molecule has 0 spiro atoms. The molecule has 1 fully saturated rings. The first-order chi connectivity index (χ1) is 5.88. The van der Waals surface area contributed by atoms with Gasteiger partial charge < -0.3 is 0 Å². The van der Waals surface area contributed by atoms with Gasteiger partial charge in [0.2, 0.25) is 0 Å². The van der Waals surface area contributed by atoms with Crippen molar-refractivity contribution in [3.8, 4) is 0 Å². The van der Waals surface area contributed by atoms with Crippen LogP contribution < -0.4 is 0 Å². The Morgan fingerprint density at radius 2 is 1.33 bits per heavy atom. The number of rotatable bonds is 2. The molecule has 0 heterocycles. The summed E-state index contributed by atoms with van der Waals surface area (Å²) in [7, 11) is 0. The van der Waals surface area contributed by atoms with E-state index < -0.39 is 0 Å². The van der Waals surface area contributed by atoms with Gasteiger partial charge in [0.05, 0.1) is 0 Å². The third kappa shape index (κ3) is 2.05. The summed E-state index contributed by atoms with van der Waals surface area (Å²) in [5.74, 6) is 0. The summed E-state index contributed by atoms with van der Waals surface area (Å²) < 4.78 is 0. The number of hydrogen-bond donors (Lipinski definition) is 0. The Morgan fingerprint density at radius 3 is 1.67 bits per heavy atom. The van der Waals surface area contributed by atoms with Gasteiger partial charge in [0.15, 0.2) is 0 Å². The van der Waals surface area contributed by atoms with E-state index in [0.717, 1.165) is 25.7 Å². The van der Waals surface area contributed by atoms with Gasteiger partial charge in [0, 0.05) is 21.9 Å². The van der Waals surface area contributed by atoms with Gasteiger partial charge in [-0.15, -0.1) is 0 Å². The Hall–Kier alpha value is -1.38. The number of hydrogen-bond acceptors (Lipinski definition) is 2. The van der Waals surface area contributed by atoms with E-state index in [1.165, 1.54) is 0 Å². The van der Waals surface area contributed by atoms with Crippen LogP contribution in [0.3, 0.4) is 0 Å². The lowest BCUT2D eigenvalue weighted by molar-refractivity contribution is 0.383. The second-order valence-corrected chi connectivity index (χ2v) is 2.83. The van der Waals surface area contributed by atoms with Crippen LogP contribution in [0.15, 0.2) is 10.2 Å². The summed E-state index contributed by atoms with van der Waals surface area (Å²) in [6, 6.07) is -0.251. The Kier molecular flexibility index (Phi) is 3.26. The van der Waals surface area contributed by atoms with Crippen LogP contribution in [0.2, 0.25) is 0 Å². The van der Waals surface area contributed by atoms with Gasteiger partial charge in [-0.05, 0) is 23.9 Å². The molecular formula is C6H10N6. The van der Waals surface area contributed by atoms with Gasteiger partial charge in [0.1, 0.15) is 0 Å². The minimum atomic E-state index is -0.125. The predicted molar refractivity (Wildman–Crippen MR) is 44.3 cm³/mol. The lowest BCUT2D eigenvalue weighted by atomic mass is 9.92. The van der Waals surface area contributed by atoms with Crippen molar-refractivity contribution in [1.82, 2.24) is 0 Å². The third-order valence-electron chi connectivity index (χ3n) is 2.09. The van der Waals surface area contributed by atoms with E-state index in [-0.39, 0.29) is 12.1 Å². The molecule has 0 N–H and O–H groups in total. The second kappa shape index (κ2) is 4.49. The van der Waals surface area contributed by atoms with Crippen molar-refractivity contribution >= 4 is 0 Å². The van der Waals surface area contributed by atoms with E-state index in [0.29, 0.717) is 0 Å². The molecule has 1 rings (SSSR count). The molecule has 0 aliphatic heterocycles. The molecule has 0 saturated heterocycles. The van der Waals surface area contributed by atoms with Crippen molar-refractivity contribution in [3.63, 3.8) is 0 Å². The second-order valence-electron chi connectivity index (χ2n) is 2.83. The van der Waals surface area contributed by atoms with Crippen LogP contribution >= 0.6 is 0 Å². The van der Waals surface area contributed by atoms with E-state index in [2.05, 4.69) is 20.1 Å². The smallest absolute Gasteiger partial charge is 0.0458 e. The summed E-state index contributed by atoms with van der Waals surface area (Å²) in [4.78, 5) is 5.47. The lowest BCUT2D eigenvalue weighted by Gasteiger charge is -2.23. The maximum atomic E-state index is 8.23. The van der Waals surface area contributed by atoms with Gasteiger partial charge in [-0.1, -0.05) is 23.1 Å². The summed E-state index contributed by atoms with van der Waals surface area (Å²) in [5.41, 5.74) is 16.5. The number of azide groups is 2. The Bertz CT molecular complexity index is 210. The predicted octanol–water partition coefficient (Wildman–Crippen LogP) is 2.92. The van der Waals surface area contributed by atoms with Crippen molar-refractivity contribution in [2.45, 2.75) is 37.8 Å². The highest BCUT2D eigenvalue weighted by molar-refractivity contribution is 4.86. The maximum absolute atomic E-state index is 8.23. The van der Waals surface area contributed by atoms with E-state index in [1.807, 2.05) is 0 Å². The molecule has 1 aliphatic rings. The molecule has 0 radical (unpaired) electrons. The highest BCUT2D eigenvalue weighted by Crippen LogP contribution is 2.23. The summed E-state index contributed by atoms with van der Waals surface area (Å²) in [6.07, 6.45) is 3.80. The first kappa shape index (κ1) is 8.71. The SMILES string of the molecule is [N-]=[N+]=N[C@H]1CCCC[C@H]1N=[N+]=[N-]. The highest BCUT2D eigenvalue weighted by atomic mass is 15.2. The van der Waals surface area contributed by atoms with Crippen LogP contribution in [0, 0.1) is 0 Å². The summed E-state index contributed by atoms with van der Waals surface area (Å²) in [6.45, 7) is 0. The zero-order valence-corrected chi connectivity index (χ0v) is 6.67. The van der Waals surface area contributed by atoms with E-state index >= 15 is 0 Å². The Balaban J connectivity index is 2.65. The quantitative estimate of drug-likeness (QED) is 0.342. The Labute approximate surface area is 69.8 Å². The topological polar surface area (TPSA) is 97.5 Å². The van der Waals surface area contributed by atoms with Crippen LogP contribution in [0.25, 0.3) is 20.9 Å². The van der Waals surface area contributed by atoms with Crippen molar-refractivity contribution in [2.24, 2.45) is 10.2 Å². The zero-order chi connectivity index (χ0) is 8.81. The van der Waals surface area contributed by atoms with Crippen LogP contribution in [0.1, 0.15) is 25.7 Å². The molecule has 1 aliphatic carbocycles. The minimum absolute atomic E-state index is 0.125. The molecule has 1 saturated carbocycles.